The molecule has 1 aliphatic heterocycles. The number of ketones is 1. The fourth-order valence-corrected chi connectivity index (χ4v) is 4.42. The number of likely N-dealkylation sites (tertiary alicyclic amines) is 1. The highest BCUT2D eigenvalue weighted by Gasteiger charge is 2.46. The van der Waals surface area contributed by atoms with Crippen molar-refractivity contribution in [2.45, 2.75) is 19.5 Å². The van der Waals surface area contributed by atoms with Crippen molar-refractivity contribution in [1.29, 1.82) is 0 Å². The average Bonchev–Trinajstić information content (AvgIpc) is 3.04. The number of methoxy groups -OCH3 is 1. The molecular weight excluding hydrogens is 472 g/mol. The van der Waals surface area contributed by atoms with Gasteiger partial charge >= 0.3 is 0 Å². The van der Waals surface area contributed by atoms with Crippen LogP contribution in [-0.2, 0) is 16.1 Å². The van der Waals surface area contributed by atoms with Crippen LogP contribution in [0.3, 0.4) is 0 Å². The summed E-state index contributed by atoms with van der Waals surface area (Å²) < 4.78 is 5.88. The first-order chi connectivity index (χ1) is 15.4. The number of halogens is 1. The zero-order valence-electron chi connectivity index (χ0n) is 17.6. The number of pyridine rings is 1. The molecule has 1 fully saturated rings. The Morgan fingerprint density at radius 3 is 2.53 bits per heavy atom. The van der Waals surface area contributed by atoms with Crippen LogP contribution in [0.4, 0.5) is 0 Å². The van der Waals surface area contributed by atoms with E-state index in [1.807, 2.05) is 31.2 Å². The van der Waals surface area contributed by atoms with Crippen LogP contribution >= 0.6 is 15.9 Å². The molecule has 0 spiro atoms. The van der Waals surface area contributed by atoms with Gasteiger partial charge in [-0.25, -0.2) is 0 Å². The Balaban J connectivity index is 1.87. The molecule has 3 aromatic rings. The van der Waals surface area contributed by atoms with Gasteiger partial charge < -0.3 is 14.7 Å². The van der Waals surface area contributed by atoms with Gasteiger partial charge in [-0.05, 0) is 64.3 Å². The third-order valence-corrected chi connectivity index (χ3v) is 6.05. The number of aliphatic hydroxyl groups excluding tert-OH is 1. The average molecular weight is 493 g/mol. The minimum atomic E-state index is -0.719. The molecule has 4 rings (SSSR count). The number of aliphatic hydroxyl groups is 1. The number of Topliss-reactive ketones (excluding diaryl/α,β-unsaturated/α-hetero) is 1. The quantitative estimate of drug-likeness (QED) is 0.314. The largest absolute Gasteiger partial charge is 0.507 e. The number of carbonyl (C=O) groups is 2. The summed E-state index contributed by atoms with van der Waals surface area (Å²) in [6, 6.07) is 15.5. The van der Waals surface area contributed by atoms with Crippen LogP contribution < -0.4 is 4.74 Å². The maximum absolute atomic E-state index is 13.1. The lowest BCUT2D eigenvalue weighted by Gasteiger charge is -2.25. The Morgan fingerprint density at radius 1 is 1.12 bits per heavy atom. The number of ether oxygens (including phenoxy) is 1. The lowest BCUT2D eigenvalue weighted by Crippen LogP contribution is -2.29. The Labute approximate surface area is 194 Å². The van der Waals surface area contributed by atoms with Crippen LogP contribution in [0.5, 0.6) is 5.75 Å². The fourth-order valence-electron chi connectivity index (χ4n) is 3.88. The number of carbonyl (C=O) groups excluding carboxylic acids is 2. The van der Waals surface area contributed by atoms with Crippen molar-refractivity contribution in [2.75, 3.05) is 7.11 Å². The summed E-state index contributed by atoms with van der Waals surface area (Å²) >= 11 is 3.41. The van der Waals surface area contributed by atoms with Crippen molar-refractivity contribution < 1.29 is 19.4 Å². The van der Waals surface area contributed by atoms with Crippen molar-refractivity contribution in [2.24, 2.45) is 0 Å². The molecule has 6 nitrogen and oxygen atoms in total. The maximum Gasteiger partial charge on any atom is 0.295 e. The van der Waals surface area contributed by atoms with E-state index in [2.05, 4.69) is 20.9 Å². The highest BCUT2D eigenvalue weighted by Crippen LogP contribution is 2.41. The van der Waals surface area contributed by atoms with Gasteiger partial charge in [0.15, 0.2) is 0 Å². The van der Waals surface area contributed by atoms with E-state index in [-0.39, 0.29) is 17.9 Å². The molecule has 7 heteroatoms. The van der Waals surface area contributed by atoms with Crippen LogP contribution in [-0.4, -0.2) is 33.8 Å². The van der Waals surface area contributed by atoms with E-state index in [0.29, 0.717) is 15.8 Å². The van der Waals surface area contributed by atoms with Crippen LogP contribution in [0.2, 0.25) is 0 Å². The molecule has 1 atom stereocenters. The first kappa shape index (κ1) is 21.8. The van der Waals surface area contributed by atoms with Gasteiger partial charge in [-0.15, -0.1) is 0 Å². The van der Waals surface area contributed by atoms with Gasteiger partial charge in [0.1, 0.15) is 11.5 Å². The fraction of sp³-hybridized carbons (Fsp3) is 0.160. The molecule has 2 heterocycles. The summed E-state index contributed by atoms with van der Waals surface area (Å²) in [4.78, 5) is 31.7. The van der Waals surface area contributed by atoms with E-state index in [1.165, 1.54) is 4.90 Å². The highest BCUT2D eigenvalue weighted by atomic mass is 79.9. The molecule has 0 saturated carbocycles. The molecule has 0 radical (unpaired) electrons. The number of hydrogen-bond donors (Lipinski definition) is 1. The minimum Gasteiger partial charge on any atom is -0.507 e. The molecule has 1 aliphatic rings. The molecule has 1 aromatic heterocycles. The third-order valence-electron chi connectivity index (χ3n) is 5.43. The van der Waals surface area contributed by atoms with Gasteiger partial charge in [0.05, 0.1) is 23.2 Å². The second-order valence-corrected chi connectivity index (χ2v) is 8.40. The van der Waals surface area contributed by atoms with E-state index >= 15 is 0 Å². The van der Waals surface area contributed by atoms with Gasteiger partial charge in [-0.1, -0.05) is 29.8 Å². The molecule has 32 heavy (non-hydrogen) atoms. The molecule has 0 bridgehead atoms. The summed E-state index contributed by atoms with van der Waals surface area (Å²) in [7, 11) is 1.54. The van der Waals surface area contributed by atoms with Crippen molar-refractivity contribution in [3.8, 4) is 5.75 Å². The van der Waals surface area contributed by atoms with Crippen LogP contribution in [0.25, 0.3) is 5.76 Å². The predicted molar refractivity (Wildman–Crippen MR) is 124 cm³/mol. The number of nitrogens with zero attached hydrogens (tertiary/aromatic N) is 2. The summed E-state index contributed by atoms with van der Waals surface area (Å²) in [6.45, 7) is 2.16. The van der Waals surface area contributed by atoms with E-state index in [1.54, 1.807) is 49.8 Å². The summed E-state index contributed by atoms with van der Waals surface area (Å²) in [5.41, 5.74) is 3.06. The number of aryl methyl sites for hydroxylation is 1. The smallest absolute Gasteiger partial charge is 0.295 e. The van der Waals surface area contributed by atoms with Crippen LogP contribution in [0, 0.1) is 6.92 Å². The van der Waals surface area contributed by atoms with E-state index in [9.17, 15) is 14.7 Å². The normalized spacial score (nSPS) is 17.6. The van der Waals surface area contributed by atoms with Gasteiger partial charge in [0.2, 0.25) is 0 Å². The topological polar surface area (TPSA) is 79.7 Å². The molecule has 1 saturated heterocycles. The molecular formula is C25H21BrN2O4. The molecule has 162 valence electrons. The molecule has 1 N–H and O–H groups in total. The summed E-state index contributed by atoms with van der Waals surface area (Å²) in [6.07, 6.45) is 3.28. The van der Waals surface area contributed by atoms with E-state index < -0.39 is 17.7 Å². The zero-order chi connectivity index (χ0) is 22.8. The SMILES string of the molecule is COc1ccc(/C(O)=C2/C(=O)C(=O)N(Cc3ccncc3)C2c2cccc(C)c2)cc1Br. The monoisotopic (exact) mass is 492 g/mol. The number of rotatable bonds is 5. The van der Waals surface area contributed by atoms with Crippen molar-refractivity contribution >= 4 is 33.4 Å². The molecule has 2 aromatic carbocycles. The van der Waals surface area contributed by atoms with Gasteiger partial charge in [-0.3, -0.25) is 14.6 Å². The number of hydrogen-bond acceptors (Lipinski definition) is 5. The summed E-state index contributed by atoms with van der Waals surface area (Å²) in [5, 5.41) is 11.2. The van der Waals surface area contributed by atoms with Crippen molar-refractivity contribution in [3.05, 3.63) is 99.3 Å². The van der Waals surface area contributed by atoms with Crippen LogP contribution in [0.1, 0.15) is 28.3 Å². The Morgan fingerprint density at radius 2 is 1.88 bits per heavy atom. The van der Waals surface area contributed by atoms with E-state index in [0.717, 1.165) is 16.7 Å². The lowest BCUT2D eigenvalue weighted by atomic mass is 9.94. The standard InChI is InChI=1S/C25H21BrN2O4/c1-15-4-3-5-17(12-15)22-21(23(29)18-6-7-20(32-2)19(26)13-18)24(30)25(31)28(22)14-16-8-10-27-11-9-16/h3-13,22,29H,14H2,1-2H3/b23-21-. The Hall–Kier alpha value is -3.45. The first-order valence-corrected chi connectivity index (χ1v) is 10.8. The minimum absolute atomic E-state index is 0.0618. The second kappa shape index (κ2) is 8.96. The lowest BCUT2D eigenvalue weighted by molar-refractivity contribution is -0.140. The zero-order valence-corrected chi connectivity index (χ0v) is 19.2. The molecule has 1 amide bonds. The maximum atomic E-state index is 13.1. The van der Waals surface area contributed by atoms with Crippen molar-refractivity contribution in [1.82, 2.24) is 9.88 Å². The Kier molecular flexibility index (Phi) is 6.10. The number of aromatic nitrogens is 1. The second-order valence-electron chi connectivity index (χ2n) is 7.55. The number of amides is 1. The van der Waals surface area contributed by atoms with Gasteiger partial charge in [-0.2, -0.15) is 0 Å². The number of benzene rings is 2. The Bertz CT molecular complexity index is 1220. The third kappa shape index (κ3) is 4.03. The van der Waals surface area contributed by atoms with Gasteiger partial charge in [0, 0.05) is 24.5 Å². The van der Waals surface area contributed by atoms with Crippen molar-refractivity contribution in [3.63, 3.8) is 0 Å². The van der Waals surface area contributed by atoms with Crippen LogP contribution in [0.15, 0.2) is 77.0 Å². The highest BCUT2D eigenvalue weighted by molar-refractivity contribution is 9.10. The molecule has 0 aliphatic carbocycles. The summed E-state index contributed by atoms with van der Waals surface area (Å²) in [5.74, 6) is -0.997. The first-order valence-electron chi connectivity index (χ1n) is 9.98. The predicted octanol–water partition coefficient (Wildman–Crippen LogP) is 4.78. The molecule has 1 unspecified atom stereocenters. The van der Waals surface area contributed by atoms with E-state index in [4.69, 9.17) is 4.74 Å². The van der Waals surface area contributed by atoms with Gasteiger partial charge in [0.25, 0.3) is 11.7 Å².